The molecule has 2 saturated heterocycles. The van der Waals surface area contributed by atoms with Crippen molar-refractivity contribution < 1.29 is 32.7 Å². The number of aromatic amines is 1. The second kappa shape index (κ2) is 19.7. The fraction of sp³-hybridized carbons (Fsp3) is 0.519. The van der Waals surface area contributed by atoms with Gasteiger partial charge in [-0.2, -0.15) is 10.2 Å². The first-order valence-electron chi connectivity index (χ1n) is 24.9. The Morgan fingerprint density at radius 2 is 1.80 bits per heavy atom. The van der Waals surface area contributed by atoms with Crippen LogP contribution in [0.3, 0.4) is 0 Å². The SMILES string of the molecule is CNC(C)C(=O)NC(C(=O)N1CCCC1c1nc(C(=O)c2cccc(OCCCN3CC([C@@H](c4ccccc4)n4cc(NC(=O)c5n[nH]c6c5C[C@@H]5C(F)(F)[C@]5(C)C6)cn4)C3)c2)cs1)C1CCCCC1. The summed E-state index contributed by atoms with van der Waals surface area (Å²) in [5, 5.41) is 23.3. The van der Waals surface area contributed by atoms with Gasteiger partial charge < -0.3 is 30.5 Å². The number of alkyl halides is 2. The number of nitrogens with zero attached hydrogens (tertiary/aromatic N) is 6. The number of H-pyrrole nitrogens is 1. The minimum absolute atomic E-state index is 0.0608. The van der Waals surface area contributed by atoms with Gasteiger partial charge >= 0.3 is 0 Å². The number of likely N-dealkylation sites (N-methyl/N-ethyl adjacent to an activating group) is 1. The molecule has 3 aromatic heterocycles. The summed E-state index contributed by atoms with van der Waals surface area (Å²) in [5.41, 5.74) is 2.67. The number of likely N-dealkylation sites (tertiary alicyclic amines) is 2. The van der Waals surface area contributed by atoms with Gasteiger partial charge in [0, 0.05) is 78.2 Å². The average Bonchev–Trinajstić information content (AvgIpc) is 4.12. The molecule has 5 aliphatic rings. The molecule has 18 heteroatoms. The van der Waals surface area contributed by atoms with Crippen LogP contribution in [-0.2, 0) is 22.4 Å². The summed E-state index contributed by atoms with van der Waals surface area (Å²) in [6.45, 7) is 6.94. The molecule has 0 spiro atoms. The number of hydrogen-bond donors (Lipinski definition) is 4. The van der Waals surface area contributed by atoms with Crippen molar-refractivity contribution in [2.75, 3.05) is 45.2 Å². The van der Waals surface area contributed by atoms with Crippen molar-refractivity contribution in [3.63, 3.8) is 0 Å². The van der Waals surface area contributed by atoms with E-state index in [1.165, 1.54) is 11.3 Å². The van der Waals surface area contributed by atoms with Gasteiger partial charge in [0.1, 0.15) is 22.5 Å². The maximum Gasteiger partial charge on any atom is 0.276 e. The van der Waals surface area contributed by atoms with E-state index in [-0.39, 0.29) is 60.1 Å². The Hall–Kier alpha value is -5.85. The molecule has 10 rings (SSSR count). The Labute approximate surface area is 410 Å². The first kappa shape index (κ1) is 47.8. The van der Waals surface area contributed by atoms with E-state index in [2.05, 4.69) is 48.3 Å². The maximum absolute atomic E-state index is 14.5. The molecular weight excluding hydrogens is 915 g/mol. The third-order valence-corrected chi connectivity index (χ3v) is 16.7. The lowest BCUT2D eigenvalue weighted by Gasteiger charge is -2.43. The number of carbonyl (C=O) groups is 4. The second-order valence-electron chi connectivity index (χ2n) is 20.3. The molecule has 0 bridgehead atoms. The summed E-state index contributed by atoms with van der Waals surface area (Å²) in [5.74, 6) is -3.48. The molecule has 5 aromatic rings. The molecule has 370 valence electrons. The number of carbonyl (C=O) groups excluding carboxylic acids is 4. The third kappa shape index (κ3) is 9.29. The summed E-state index contributed by atoms with van der Waals surface area (Å²) in [6, 6.07) is 16.0. The molecular formula is C52H62F2N10O5S. The quantitative estimate of drug-likeness (QED) is 0.0517. The van der Waals surface area contributed by atoms with Crippen LogP contribution in [0.5, 0.6) is 5.75 Å². The Bertz CT molecular complexity index is 2710. The Balaban J connectivity index is 0.713. The van der Waals surface area contributed by atoms with E-state index in [1.54, 1.807) is 44.6 Å². The van der Waals surface area contributed by atoms with Crippen molar-refractivity contribution in [3.05, 3.63) is 111 Å². The van der Waals surface area contributed by atoms with Gasteiger partial charge in [0.15, 0.2) is 5.69 Å². The fourth-order valence-electron chi connectivity index (χ4n) is 11.4. The minimum atomic E-state index is -2.75. The Morgan fingerprint density at radius 3 is 2.59 bits per heavy atom. The molecule has 5 heterocycles. The zero-order valence-corrected chi connectivity index (χ0v) is 40.8. The highest BCUT2D eigenvalue weighted by molar-refractivity contribution is 7.10. The van der Waals surface area contributed by atoms with Crippen molar-refractivity contribution in [1.82, 2.24) is 45.4 Å². The number of hydrogen-bond acceptors (Lipinski definition) is 11. The molecule has 4 N–H and O–H groups in total. The van der Waals surface area contributed by atoms with Crippen LogP contribution in [0.1, 0.15) is 126 Å². The maximum atomic E-state index is 14.5. The van der Waals surface area contributed by atoms with Crippen molar-refractivity contribution >= 4 is 40.5 Å². The van der Waals surface area contributed by atoms with E-state index in [0.29, 0.717) is 47.1 Å². The van der Waals surface area contributed by atoms with Crippen molar-refractivity contribution in [2.45, 2.75) is 108 Å². The first-order chi connectivity index (χ1) is 33.8. The molecule has 2 aliphatic heterocycles. The van der Waals surface area contributed by atoms with Crippen LogP contribution in [0.2, 0.25) is 0 Å². The summed E-state index contributed by atoms with van der Waals surface area (Å²) in [6.07, 6.45) is 11.1. The van der Waals surface area contributed by atoms with Crippen molar-refractivity contribution in [2.24, 2.45) is 23.2 Å². The number of halogens is 2. The number of ketones is 1. The molecule has 3 aliphatic carbocycles. The van der Waals surface area contributed by atoms with E-state index < -0.39 is 35.2 Å². The Morgan fingerprint density at radius 1 is 1.00 bits per heavy atom. The van der Waals surface area contributed by atoms with E-state index in [0.717, 1.165) is 81.6 Å². The fourth-order valence-corrected chi connectivity index (χ4v) is 12.4. The van der Waals surface area contributed by atoms with Gasteiger partial charge in [0.25, 0.3) is 11.8 Å². The number of amides is 3. The Kier molecular flexibility index (Phi) is 13.5. The van der Waals surface area contributed by atoms with Crippen LogP contribution in [-0.4, -0.2) is 116 Å². The minimum Gasteiger partial charge on any atom is -0.494 e. The predicted molar refractivity (Wildman–Crippen MR) is 260 cm³/mol. The van der Waals surface area contributed by atoms with Gasteiger partial charge in [-0.1, -0.05) is 68.7 Å². The lowest BCUT2D eigenvalue weighted by molar-refractivity contribution is -0.139. The molecule has 0 radical (unpaired) electrons. The van der Waals surface area contributed by atoms with Gasteiger partial charge in [-0.3, -0.25) is 29.0 Å². The van der Waals surface area contributed by atoms with E-state index >= 15 is 0 Å². The predicted octanol–water partition coefficient (Wildman–Crippen LogP) is 7.24. The highest BCUT2D eigenvalue weighted by atomic mass is 32.1. The molecule has 6 atom stereocenters. The van der Waals surface area contributed by atoms with Crippen LogP contribution in [0, 0.1) is 23.2 Å². The molecule has 4 fully saturated rings. The van der Waals surface area contributed by atoms with E-state index in [1.807, 2.05) is 46.1 Å². The molecule has 70 heavy (non-hydrogen) atoms. The largest absolute Gasteiger partial charge is 0.494 e. The monoisotopic (exact) mass is 976 g/mol. The highest BCUT2D eigenvalue weighted by Gasteiger charge is 2.78. The van der Waals surface area contributed by atoms with Gasteiger partial charge in [0.05, 0.1) is 36.6 Å². The summed E-state index contributed by atoms with van der Waals surface area (Å²) in [4.78, 5) is 63.6. The van der Waals surface area contributed by atoms with Gasteiger partial charge in [0.2, 0.25) is 17.6 Å². The number of nitrogens with one attached hydrogen (secondary N) is 4. The summed E-state index contributed by atoms with van der Waals surface area (Å²) >= 11 is 1.40. The smallest absolute Gasteiger partial charge is 0.276 e. The topological polar surface area (TPSA) is 179 Å². The third-order valence-electron chi connectivity index (χ3n) is 15.8. The number of benzene rings is 2. The van der Waals surface area contributed by atoms with Gasteiger partial charge in [-0.25, -0.2) is 13.8 Å². The number of ether oxygens (including phenoxy) is 1. The lowest BCUT2D eigenvalue weighted by atomic mass is 9.83. The van der Waals surface area contributed by atoms with Crippen LogP contribution >= 0.6 is 11.3 Å². The van der Waals surface area contributed by atoms with Crippen LogP contribution < -0.4 is 20.7 Å². The standard InChI is InChI=1S/C52H62F2N10O5S/c1-31(55-3)47(66)59-43(32-13-6-4-7-14-32)50(68)63-21-11-19-41(63)49-58-40(30-70-49)46(65)34-17-10-18-37(23-34)69-22-12-20-62-27-35(28-62)45(33-15-8-5-9-16-33)64-29-36(26-56-64)57-48(67)44-38-24-42-51(2,52(42,53)54)25-39(38)60-61-44/h5,8-10,15-18,23,26,29-32,35,41-43,45,55H,4,6-7,11-14,19-22,24-25,27-28H2,1-3H3,(H,57,67)(H,59,66)(H,60,61)/t31?,41?,42-,43?,45+,51+/m0/s1. The van der Waals surface area contributed by atoms with Crippen LogP contribution in [0.15, 0.2) is 72.4 Å². The van der Waals surface area contributed by atoms with Gasteiger partial charge in [-0.05, 0) is 76.1 Å². The second-order valence-corrected chi connectivity index (χ2v) is 21.1. The van der Waals surface area contributed by atoms with E-state index in [4.69, 9.17) is 9.72 Å². The molecule has 2 saturated carbocycles. The van der Waals surface area contributed by atoms with Gasteiger partial charge in [-0.15, -0.1) is 11.3 Å². The number of anilines is 1. The molecule has 3 unspecified atom stereocenters. The first-order valence-corrected chi connectivity index (χ1v) is 25.8. The summed E-state index contributed by atoms with van der Waals surface area (Å²) in [7, 11) is 1.74. The van der Waals surface area contributed by atoms with Crippen LogP contribution in [0.4, 0.5) is 14.5 Å². The summed E-state index contributed by atoms with van der Waals surface area (Å²) < 4.78 is 37.1. The lowest BCUT2D eigenvalue weighted by Crippen LogP contribution is -2.55. The number of fused-ring (bicyclic) bond motifs is 2. The number of thiazole rings is 1. The highest BCUT2D eigenvalue weighted by Crippen LogP contribution is 2.70. The van der Waals surface area contributed by atoms with Crippen LogP contribution in [0.25, 0.3) is 0 Å². The normalized spacial score (nSPS) is 23.4. The molecule has 2 aromatic carbocycles. The molecule has 15 nitrogen and oxygen atoms in total. The van der Waals surface area contributed by atoms with Crippen molar-refractivity contribution in [1.29, 1.82) is 0 Å². The zero-order valence-electron chi connectivity index (χ0n) is 40.0. The molecule has 3 amide bonds. The number of rotatable bonds is 18. The number of aromatic nitrogens is 5. The van der Waals surface area contributed by atoms with Crippen molar-refractivity contribution in [3.8, 4) is 5.75 Å². The average molecular weight is 977 g/mol. The van der Waals surface area contributed by atoms with E-state index in [9.17, 15) is 28.0 Å². The zero-order chi connectivity index (χ0) is 48.7.